The summed E-state index contributed by atoms with van der Waals surface area (Å²) in [5.74, 6) is -0.129. The van der Waals surface area contributed by atoms with Crippen LogP contribution in [-0.2, 0) is 14.3 Å². The molecule has 2 aliphatic rings. The van der Waals surface area contributed by atoms with E-state index in [9.17, 15) is 4.79 Å². The number of ether oxygens (including phenoxy) is 2. The second-order valence-electron chi connectivity index (χ2n) is 5.76. The normalized spacial score (nSPS) is 35.6. The van der Waals surface area contributed by atoms with Crippen LogP contribution in [0.25, 0.3) is 0 Å². The summed E-state index contributed by atoms with van der Waals surface area (Å²) in [5.41, 5.74) is -0.509. The summed E-state index contributed by atoms with van der Waals surface area (Å²) in [6, 6.07) is 0.919. The maximum Gasteiger partial charge on any atom is 0.326 e. The summed E-state index contributed by atoms with van der Waals surface area (Å²) in [6.07, 6.45) is 4.98. The molecule has 1 saturated carbocycles. The monoisotopic (exact) mass is 270 g/mol. The van der Waals surface area contributed by atoms with Crippen molar-refractivity contribution in [2.45, 2.75) is 49.7 Å². The van der Waals surface area contributed by atoms with Crippen LogP contribution in [0, 0.1) is 0 Å². The molecule has 0 bridgehead atoms. The number of methoxy groups -OCH3 is 1. The molecular weight excluding hydrogens is 244 g/mol. The molecule has 1 aliphatic carbocycles. The minimum Gasteiger partial charge on any atom is -0.468 e. The molecule has 0 aromatic rings. The van der Waals surface area contributed by atoms with Gasteiger partial charge in [0.05, 0.1) is 13.7 Å². The molecule has 1 heterocycles. The van der Waals surface area contributed by atoms with Gasteiger partial charge in [-0.3, -0.25) is 9.69 Å². The predicted octanol–water partition coefficient (Wildman–Crippen LogP) is 0.781. The van der Waals surface area contributed by atoms with E-state index in [1.807, 2.05) is 7.05 Å². The predicted molar refractivity (Wildman–Crippen MR) is 73.0 cm³/mol. The van der Waals surface area contributed by atoms with Crippen LogP contribution in [-0.4, -0.2) is 62.9 Å². The summed E-state index contributed by atoms with van der Waals surface area (Å²) in [4.78, 5) is 14.5. The number of likely N-dealkylation sites (N-methyl/N-ethyl adjacent to an activating group) is 2. The van der Waals surface area contributed by atoms with Gasteiger partial charge in [-0.25, -0.2) is 0 Å². The lowest BCUT2D eigenvalue weighted by molar-refractivity contribution is -0.151. The fraction of sp³-hybridized carbons (Fsp3) is 0.929. The molecule has 110 valence electrons. The lowest BCUT2D eigenvalue weighted by Gasteiger charge is -2.43. The Morgan fingerprint density at radius 1 is 1.42 bits per heavy atom. The number of nitrogens with zero attached hydrogens (tertiary/aromatic N) is 1. The Kier molecular flexibility index (Phi) is 4.81. The number of rotatable bonds is 4. The second-order valence-corrected chi connectivity index (χ2v) is 5.76. The minimum absolute atomic E-state index is 0.129. The van der Waals surface area contributed by atoms with Gasteiger partial charge in [0.25, 0.3) is 0 Å². The first-order chi connectivity index (χ1) is 9.13. The average molecular weight is 270 g/mol. The molecule has 0 spiro atoms. The van der Waals surface area contributed by atoms with Crippen molar-refractivity contribution in [1.29, 1.82) is 0 Å². The Morgan fingerprint density at radius 2 is 2.21 bits per heavy atom. The highest BCUT2D eigenvalue weighted by atomic mass is 16.5. The van der Waals surface area contributed by atoms with E-state index in [4.69, 9.17) is 9.47 Å². The van der Waals surface area contributed by atoms with E-state index in [1.54, 1.807) is 0 Å². The second kappa shape index (κ2) is 6.20. The maximum absolute atomic E-state index is 12.1. The van der Waals surface area contributed by atoms with Gasteiger partial charge in [-0.1, -0.05) is 0 Å². The largest absolute Gasteiger partial charge is 0.468 e. The van der Waals surface area contributed by atoms with E-state index in [0.29, 0.717) is 12.1 Å². The molecule has 3 unspecified atom stereocenters. The highest BCUT2D eigenvalue weighted by molar-refractivity contribution is 5.81. The average Bonchev–Trinajstić information content (AvgIpc) is 2.99. The van der Waals surface area contributed by atoms with E-state index in [0.717, 1.165) is 45.3 Å². The quantitative estimate of drug-likeness (QED) is 0.765. The highest BCUT2D eigenvalue weighted by Gasteiger charge is 2.44. The van der Waals surface area contributed by atoms with Crippen molar-refractivity contribution >= 4 is 5.97 Å². The fourth-order valence-electron chi connectivity index (χ4n) is 3.44. The number of carbonyl (C=O) groups is 1. The third kappa shape index (κ3) is 2.93. The Labute approximate surface area is 115 Å². The molecule has 1 N–H and O–H groups in total. The van der Waals surface area contributed by atoms with Crippen LogP contribution < -0.4 is 5.32 Å². The molecule has 5 nitrogen and oxygen atoms in total. The summed E-state index contributed by atoms with van der Waals surface area (Å²) in [7, 11) is 5.49. The van der Waals surface area contributed by atoms with Crippen molar-refractivity contribution in [3.05, 3.63) is 0 Å². The van der Waals surface area contributed by atoms with E-state index >= 15 is 0 Å². The smallest absolute Gasteiger partial charge is 0.326 e. The van der Waals surface area contributed by atoms with Gasteiger partial charge >= 0.3 is 5.97 Å². The first-order valence-corrected chi connectivity index (χ1v) is 7.20. The van der Waals surface area contributed by atoms with E-state index in [1.165, 1.54) is 7.11 Å². The number of esters is 1. The van der Waals surface area contributed by atoms with Crippen molar-refractivity contribution in [2.75, 3.05) is 34.4 Å². The van der Waals surface area contributed by atoms with Crippen LogP contribution in [0.3, 0.4) is 0 Å². The van der Waals surface area contributed by atoms with E-state index in [2.05, 4.69) is 17.3 Å². The number of hydrogen-bond acceptors (Lipinski definition) is 5. The molecule has 0 radical (unpaired) electrons. The highest BCUT2D eigenvalue weighted by Crippen LogP contribution is 2.33. The molecule has 0 aromatic carbocycles. The van der Waals surface area contributed by atoms with Gasteiger partial charge < -0.3 is 14.8 Å². The maximum atomic E-state index is 12.1. The van der Waals surface area contributed by atoms with Crippen LogP contribution in [0.1, 0.15) is 32.1 Å². The lowest BCUT2D eigenvalue weighted by Crippen LogP contribution is -2.58. The van der Waals surface area contributed by atoms with Crippen molar-refractivity contribution in [3.8, 4) is 0 Å². The van der Waals surface area contributed by atoms with Crippen molar-refractivity contribution in [3.63, 3.8) is 0 Å². The molecule has 19 heavy (non-hydrogen) atoms. The SMILES string of the molecule is CNC1(C(=O)OC)CCCC(N(C)C2CCOC2)C1. The molecule has 1 saturated heterocycles. The number of hydrogen-bond donors (Lipinski definition) is 1. The van der Waals surface area contributed by atoms with Crippen LogP contribution in [0.4, 0.5) is 0 Å². The van der Waals surface area contributed by atoms with Crippen LogP contribution >= 0.6 is 0 Å². The number of nitrogens with one attached hydrogen (secondary N) is 1. The van der Waals surface area contributed by atoms with Crippen molar-refractivity contribution < 1.29 is 14.3 Å². The third-order valence-electron chi connectivity index (χ3n) is 4.84. The Hall–Kier alpha value is -0.650. The van der Waals surface area contributed by atoms with Crippen LogP contribution in [0.5, 0.6) is 0 Å². The summed E-state index contributed by atoms with van der Waals surface area (Å²) in [5, 5.41) is 3.21. The lowest BCUT2D eigenvalue weighted by atomic mass is 9.78. The zero-order valence-corrected chi connectivity index (χ0v) is 12.3. The molecule has 5 heteroatoms. The molecule has 3 atom stereocenters. The van der Waals surface area contributed by atoms with Gasteiger partial charge in [0.15, 0.2) is 0 Å². The summed E-state index contributed by atoms with van der Waals surface area (Å²) >= 11 is 0. The molecule has 0 amide bonds. The zero-order chi connectivity index (χ0) is 13.9. The summed E-state index contributed by atoms with van der Waals surface area (Å²) < 4.78 is 10.5. The van der Waals surface area contributed by atoms with Crippen LogP contribution in [0.2, 0.25) is 0 Å². The van der Waals surface area contributed by atoms with E-state index < -0.39 is 5.54 Å². The molecule has 2 rings (SSSR count). The van der Waals surface area contributed by atoms with Crippen molar-refractivity contribution in [2.24, 2.45) is 0 Å². The van der Waals surface area contributed by atoms with Gasteiger partial charge in [-0.2, -0.15) is 0 Å². The topological polar surface area (TPSA) is 50.8 Å². The number of carbonyl (C=O) groups excluding carboxylic acids is 1. The first kappa shape index (κ1) is 14.8. The van der Waals surface area contributed by atoms with Crippen LogP contribution in [0.15, 0.2) is 0 Å². The molecular formula is C14H26N2O3. The van der Waals surface area contributed by atoms with Gasteiger partial charge in [0.1, 0.15) is 5.54 Å². The van der Waals surface area contributed by atoms with Gasteiger partial charge in [-0.05, 0) is 46.2 Å². The van der Waals surface area contributed by atoms with Gasteiger partial charge in [0, 0.05) is 18.7 Å². The Balaban J connectivity index is 2.04. The first-order valence-electron chi connectivity index (χ1n) is 7.20. The standard InChI is InChI=1S/C14H26N2O3/c1-15-14(13(17)18-3)7-4-5-11(9-14)16(2)12-6-8-19-10-12/h11-12,15H,4-10H2,1-3H3. The molecule has 0 aromatic heterocycles. The molecule has 2 fully saturated rings. The van der Waals surface area contributed by atoms with Crippen molar-refractivity contribution in [1.82, 2.24) is 10.2 Å². The van der Waals surface area contributed by atoms with E-state index in [-0.39, 0.29) is 5.97 Å². The minimum atomic E-state index is -0.509. The fourth-order valence-corrected chi connectivity index (χ4v) is 3.44. The third-order valence-corrected chi connectivity index (χ3v) is 4.84. The van der Waals surface area contributed by atoms with Gasteiger partial charge in [0.2, 0.25) is 0 Å². The zero-order valence-electron chi connectivity index (χ0n) is 12.3. The molecule has 1 aliphatic heterocycles. The summed E-state index contributed by atoms with van der Waals surface area (Å²) in [6.45, 7) is 1.67. The Bertz CT molecular complexity index is 318. The Morgan fingerprint density at radius 3 is 2.79 bits per heavy atom. The van der Waals surface area contributed by atoms with Gasteiger partial charge in [-0.15, -0.1) is 0 Å².